The summed E-state index contributed by atoms with van der Waals surface area (Å²) in [6.45, 7) is 4.05. The number of rotatable bonds is 8. The molecule has 1 unspecified atom stereocenters. The van der Waals surface area contributed by atoms with E-state index in [0.29, 0.717) is 37.9 Å². The van der Waals surface area contributed by atoms with Crippen LogP contribution in [-0.2, 0) is 11.9 Å². The normalized spacial score (nSPS) is 13.2. The number of hydrogen-bond acceptors (Lipinski definition) is 8. The quantitative estimate of drug-likeness (QED) is 0.330. The van der Waals surface area contributed by atoms with Crippen LogP contribution in [0.5, 0.6) is 0 Å². The fraction of sp³-hybridized carbons (Fsp3) is 0.421. The molecule has 0 radical (unpaired) electrons. The number of hydrogen-bond donors (Lipinski definition) is 3. The van der Waals surface area contributed by atoms with Gasteiger partial charge in [0.1, 0.15) is 4.70 Å². The van der Waals surface area contributed by atoms with E-state index in [-0.39, 0.29) is 18.4 Å². The van der Waals surface area contributed by atoms with Crippen molar-refractivity contribution in [3.63, 3.8) is 0 Å². The lowest BCUT2D eigenvalue weighted by Crippen LogP contribution is -2.26. The van der Waals surface area contributed by atoms with Gasteiger partial charge in [0, 0.05) is 5.75 Å². The Balaban J connectivity index is 1.84. The van der Waals surface area contributed by atoms with Crippen LogP contribution in [0.4, 0.5) is 24.1 Å². The maximum Gasteiger partial charge on any atom is 0.416 e. The average molecular weight is 458 g/mol. The van der Waals surface area contributed by atoms with Gasteiger partial charge in [0.2, 0.25) is 0 Å². The molecule has 0 amide bonds. The van der Waals surface area contributed by atoms with E-state index in [0.717, 1.165) is 18.6 Å². The molecule has 2 aromatic heterocycles. The first kappa shape index (κ1) is 22.6. The molecule has 0 aliphatic rings. The smallest absolute Gasteiger partial charge is 0.394 e. The molecule has 2 heterocycles. The molecule has 4 N–H and O–H groups in total. The van der Waals surface area contributed by atoms with Gasteiger partial charge in [-0.1, -0.05) is 55.1 Å². The minimum atomic E-state index is -4.39. The molecule has 0 saturated heterocycles. The van der Waals surface area contributed by atoms with Gasteiger partial charge in [-0.25, -0.2) is 15.0 Å². The number of fused-ring (bicyclic) bond motifs is 1. The van der Waals surface area contributed by atoms with Gasteiger partial charge in [-0.2, -0.15) is 13.2 Å². The Labute approximate surface area is 180 Å². The topological polar surface area (TPSA) is 97.0 Å². The first-order valence-electron chi connectivity index (χ1n) is 9.26. The lowest BCUT2D eigenvalue weighted by Gasteiger charge is -2.19. The van der Waals surface area contributed by atoms with Crippen molar-refractivity contribution < 1.29 is 18.3 Å². The number of nitrogen functional groups attached to an aromatic ring is 1. The Bertz CT molecular complexity index is 1010. The zero-order valence-electron chi connectivity index (χ0n) is 16.4. The zero-order chi connectivity index (χ0) is 21.9. The van der Waals surface area contributed by atoms with Crippen LogP contribution in [-0.4, -0.2) is 32.7 Å². The first-order valence-corrected chi connectivity index (χ1v) is 11.1. The number of thioether (sulfide) groups is 1. The highest BCUT2D eigenvalue weighted by Gasteiger charge is 2.30. The summed E-state index contributed by atoms with van der Waals surface area (Å²) < 4.78 is 39.5. The molecule has 0 fully saturated rings. The third kappa shape index (κ3) is 5.73. The standard InChI is InChI=1S/C19H22F3N5OS2/c1-10(2)6-13(8-28)24-15-14-16(25-17(23)30-14)27-18(26-15)29-9-11-4-3-5-12(7-11)19(20,21)22/h3-5,7,10,13,28H,6,8-9H2,1-2H3,(H3,23,24,25,26,27). The summed E-state index contributed by atoms with van der Waals surface area (Å²) in [5.41, 5.74) is 6.07. The monoisotopic (exact) mass is 457 g/mol. The summed E-state index contributed by atoms with van der Waals surface area (Å²) in [5, 5.41) is 13.6. The minimum absolute atomic E-state index is 0.0648. The van der Waals surface area contributed by atoms with Crippen molar-refractivity contribution in [2.24, 2.45) is 5.92 Å². The van der Waals surface area contributed by atoms with Gasteiger partial charge in [0.15, 0.2) is 21.8 Å². The maximum atomic E-state index is 12.9. The lowest BCUT2D eigenvalue weighted by atomic mass is 10.0. The Hall–Kier alpha value is -2.11. The molecule has 162 valence electrons. The van der Waals surface area contributed by atoms with Crippen molar-refractivity contribution in [2.75, 3.05) is 17.7 Å². The molecule has 0 spiro atoms. The highest BCUT2D eigenvalue weighted by Crippen LogP contribution is 2.33. The Morgan fingerprint density at radius 1 is 1.23 bits per heavy atom. The van der Waals surface area contributed by atoms with Gasteiger partial charge in [0.25, 0.3) is 0 Å². The predicted octanol–water partition coefficient (Wildman–Crippen LogP) is 4.80. The number of anilines is 2. The molecule has 3 rings (SSSR count). The summed E-state index contributed by atoms with van der Waals surface area (Å²) in [6.07, 6.45) is -3.65. The molecule has 1 atom stereocenters. The second-order valence-corrected chi connectivity index (χ2v) is 9.17. The van der Waals surface area contributed by atoms with Crippen molar-refractivity contribution in [3.05, 3.63) is 35.4 Å². The third-order valence-electron chi connectivity index (χ3n) is 4.19. The van der Waals surface area contributed by atoms with E-state index < -0.39 is 11.7 Å². The number of nitrogens with two attached hydrogens (primary N) is 1. The molecule has 6 nitrogen and oxygen atoms in total. The van der Waals surface area contributed by atoms with E-state index in [4.69, 9.17) is 5.73 Å². The molecular weight excluding hydrogens is 435 g/mol. The largest absolute Gasteiger partial charge is 0.416 e. The summed E-state index contributed by atoms with van der Waals surface area (Å²) in [6, 6.07) is 4.98. The molecule has 3 aromatic rings. The van der Waals surface area contributed by atoms with E-state index in [2.05, 4.69) is 34.1 Å². The van der Waals surface area contributed by atoms with Crippen LogP contribution in [0, 0.1) is 5.92 Å². The molecule has 30 heavy (non-hydrogen) atoms. The number of halogens is 3. The summed E-state index contributed by atoms with van der Waals surface area (Å²) in [4.78, 5) is 13.1. The number of nitrogens with zero attached hydrogens (tertiary/aromatic N) is 3. The van der Waals surface area contributed by atoms with Gasteiger partial charge < -0.3 is 16.2 Å². The van der Waals surface area contributed by atoms with E-state index in [1.165, 1.54) is 29.2 Å². The number of aliphatic hydroxyl groups is 1. The molecule has 11 heteroatoms. The van der Waals surface area contributed by atoms with E-state index in [1.54, 1.807) is 6.07 Å². The number of aliphatic hydroxyl groups excluding tert-OH is 1. The van der Waals surface area contributed by atoms with Crippen molar-refractivity contribution in [1.29, 1.82) is 0 Å². The number of benzene rings is 1. The number of aromatic nitrogens is 3. The second-order valence-electron chi connectivity index (χ2n) is 7.20. The fourth-order valence-corrected chi connectivity index (χ4v) is 4.42. The summed E-state index contributed by atoms with van der Waals surface area (Å²) >= 11 is 2.45. The van der Waals surface area contributed by atoms with Gasteiger partial charge in [-0.15, -0.1) is 0 Å². The number of alkyl halides is 3. The SMILES string of the molecule is CC(C)CC(CO)Nc1nc(SCc2cccc(C(F)(F)F)c2)nc2nc(N)sc12. The maximum absolute atomic E-state index is 12.9. The van der Waals surface area contributed by atoms with E-state index in [9.17, 15) is 18.3 Å². The highest BCUT2D eigenvalue weighted by molar-refractivity contribution is 7.98. The number of thiazole rings is 1. The highest BCUT2D eigenvalue weighted by atomic mass is 32.2. The van der Waals surface area contributed by atoms with Gasteiger partial charge in [-0.3, -0.25) is 0 Å². The fourth-order valence-electron chi connectivity index (χ4n) is 2.91. The molecule has 0 saturated carbocycles. The van der Waals surface area contributed by atoms with Crippen molar-refractivity contribution in [2.45, 2.75) is 43.4 Å². The summed E-state index contributed by atoms with van der Waals surface area (Å²) in [7, 11) is 0. The molecule has 0 aliphatic carbocycles. The van der Waals surface area contributed by atoms with Crippen LogP contribution in [0.15, 0.2) is 29.4 Å². The van der Waals surface area contributed by atoms with Crippen molar-refractivity contribution >= 4 is 44.4 Å². The molecule has 0 aliphatic heterocycles. The Morgan fingerprint density at radius 3 is 2.67 bits per heavy atom. The Morgan fingerprint density at radius 2 is 2.00 bits per heavy atom. The van der Waals surface area contributed by atoms with Crippen LogP contribution >= 0.6 is 23.1 Å². The third-order valence-corrected chi connectivity index (χ3v) is 5.99. The van der Waals surface area contributed by atoms with E-state index >= 15 is 0 Å². The Kier molecular flexibility index (Phi) is 7.04. The van der Waals surface area contributed by atoms with Crippen molar-refractivity contribution in [1.82, 2.24) is 15.0 Å². The van der Waals surface area contributed by atoms with E-state index in [1.807, 2.05) is 0 Å². The zero-order valence-corrected chi connectivity index (χ0v) is 18.0. The van der Waals surface area contributed by atoms with Gasteiger partial charge in [0.05, 0.1) is 18.2 Å². The second kappa shape index (κ2) is 9.36. The van der Waals surface area contributed by atoms with Gasteiger partial charge >= 0.3 is 6.18 Å². The lowest BCUT2D eigenvalue weighted by molar-refractivity contribution is -0.137. The van der Waals surface area contributed by atoms with Crippen LogP contribution in [0.25, 0.3) is 10.3 Å². The predicted molar refractivity (Wildman–Crippen MR) is 115 cm³/mol. The molecule has 1 aromatic carbocycles. The van der Waals surface area contributed by atoms with Crippen LogP contribution < -0.4 is 11.1 Å². The summed E-state index contributed by atoms with van der Waals surface area (Å²) in [5.74, 6) is 1.15. The van der Waals surface area contributed by atoms with Gasteiger partial charge in [-0.05, 0) is 24.0 Å². The molecule has 0 bridgehead atoms. The van der Waals surface area contributed by atoms with Crippen molar-refractivity contribution in [3.8, 4) is 0 Å². The molecular formula is C19H22F3N5OS2. The van der Waals surface area contributed by atoms with Crippen LogP contribution in [0.2, 0.25) is 0 Å². The first-order chi connectivity index (χ1) is 14.2. The van der Waals surface area contributed by atoms with Crippen LogP contribution in [0.1, 0.15) is 31.4 Å². The number of nitrogens with one attached hydrogen (secondary N) is 1. The van der Waals surface area contributed by atoms with Crippen LogP contribution in [0.3, 0.4) is 0 Å². The minimum Gasteiger partial charge on any atom is -0.394 e. The average Bonchev–Trinajstić information content (AvgIpc) is 3.05.